The summed E-state index contributed by atoms with van der Waals surface area (Å²) in [5, 5.41) is 6.40. The van der Waals surface area contributed by atoms with Crippen molar-refractivity contribution >= 4 is 29.9 Å². The summed E-state index contributed by atoms with van der Waals surface area (Å²) >= 11 is 0. The number of halogens is 3. The molecule has 0 fully saturated rings. The molecule has 0 radical (unpaired) electrons. The van der Waals surface area contributed by atoms with E-state index in [0.717, 1.165) is 37.8 Å². The van der Waals surface area contributed by atoms with Gasteiger partial charge in [0.25, 0.3) is 0 Å². The molecule has 0 saturated carbocycles. The number of nitrogens with one attached hydrogen (secondary N) is 2. The Morgan fingerprint density at radius 2 is 1.85 bits per heavy atom. The van der Waals surface area contributed by atoms with Crippen LogP contribution in [0.4, 0.5) is 8.78 Å². The summed E-state index contributed by atoms with van der Waals surface area (Å²) in [5.74, 6) is 0.578. The third kappa shape index (κ3) is 6.05. The van der Waals surface area contributed by atoms with Crippen LogP contribution in [0, 0.1) is 11.6 Å². The van der Waals surface area contributed by atoms with Crippen molar-refractivity contribution in [2.45, 2.75) is 19.3 Å². The molecule has 0 aromatic heterocycles. The van der Waals surface area contributed by atoms with E-state index < -0.39 is 11.6 Å². The predicted molar refractivity (Wildman–Crippen MR) is 114 cm³/mol. The van der Waals surface area contributed by atoms with Crippen molar-refractivity contribution in [2.75, 3.05) is 26.7 Å². The smallest absolute Gasteiger partial charge is 0.190 e. The third-order valence-electron chi connectivity index (χ3n) is 4.39. The Labute approximate surface area is 175 Å². The van der Waals surface area contributed by atoms with Gasteiger partial charge in [-0.05, 0) is 41.7 Å². The van der Waals surface area contributed by atoms with Gasteiger partial charge >= 0.3 is 0 Å². The number of nitrogens with zero attached hydrogens (tertiary/aromatic N) is 1. The maximum Gasteiger partial charge on any atom is 0.190 e. The topological polar surface area (TPSA) is 45.7 Å². The van der Waals surface area contributed by atoms with Gasteiger partial charge in [-0.15, -0.1) is 24.0 Å². The molecule has 2 aromatic rings. The Balaban J connectivity index is 0.00000261. The summed E-state index contributed by atoms with van der Waals surface area (Å²) in [6.45, 7) is 2.02. The van der Waals surface area contributed by atoms with Gasteiger partial charge in [-0.3, -0.25) is 4.99 Å². The van der Waals surface area contributed by atoms with E-state index in [-0.39, 0.29) is 24.0 Å². The molecule has 1 heterocycles. The summed E-state index contributed by atoms with van der Waals surface area (Å²) in [4.78, 5) is 4.17. The standard InChI is InChI=1S/C20H23F2N3O.HI/c1-23-20(25-10-7-15-3-4-17(21)13-18(15)22)24-9-6-14-2-5-19-16(12-14)8-11-26-19;/h2-5,12-13H,6-11H2,1H3,(H2,23,24,25);1H. The predicted octanol–water partition coefficient (Wildman–Crippen LogP) is 3.47. The van der Waals surface area contributed by atoms with Gasteiger partial charge in [-0.25, -0.2) is 8.78 Å². The first kappa shape index (κ1) is 21.4. The first-order chi connectivity index (χ1) is 12.7. The molecule has 27 heavy (non-hydrogen) atoms. The van der Waals surface area contributed by atoms with E-state index in [1.807, 2.05) is 6.07 Å². The van der Waals surface area contributed by atoms with Crippen LogP contribution in [-0.4, -0.2) is 32.7 Å². The Kier molecular flexibility index (Phi) is 8.27. The molecule has 0 bridgehead atoms. The van der Waals surface area contributed by atoms with E-state index in [0.29, 0.717) is 24.5 Å². The first-order valence-corrected chi connectivity index (χ1v) is 8.79. The number of aliphatic imine (C=N–C) groups is 1. The Bertz CT molecular complexity index is 799. The summed E-state index contributed by atoms with van der Waals surface area (Å²) in [7, 11) is 1.69. The van der Waals surface area contributed by atoms with Gasteiger partial charge in [-0.1, -0.05) is 18.2 Å². The fourth-order valence-electron chi connectivity index (χ4n) is 2.98. The minimum Gasteiger partial charge on any atom is -0.493 e. The van der Waals surface area contributed by atoms with Crippen molar-refractivity contribution in [2.24, 2.45) is 4.99 Å². The second-order valence-corrected chi connectivity index (χ2v) is 6.20. The number of hydrogen-bond donors (Lipinski definition) is 2. The molecule has 4 nitrogen and oxygen atoms in total. The number of rotatable bonds is 6. The Hall–Kier alpha value is -1.90. The van der Waals surface area contributed by atoms with Gasteiger partial charge in [-0.2, -0.15) is 0 Å². The van der Waals surface area contributed by atoms with E-state index >= 15 is 0 Å². The highest BCUT2D eigenvalue weighted by molar-refractivity contribution is 14.0. The van der Waals surface area contributed by atoms with Crippen LogP contribution in [0.2, 0.25) is 0 Å². The van der Waals surface area contributed by atoms with Gasteiger partial charge in [0.15, 0.2) is 5.96 Å². The van der Waals surface area contributed by atoms with E-state index in [9.17, 15) is 8.78 Å². The van der Waals surface area contributed by atoms with Crippen molar-refractivity contribution in [3.8, 4) is 5.75 Å². The molecule has 0 spiro atoms. The summed E-state index contributed by atoms with van der Waals surface area (Å²) in [6.07, 6.45) is 2.30. The minimum atomic E-state index is -0.560. The zero-order valence-corrected chi connectivity index (χ0v) is 17.6. The Morgan fingerprint density at radius 1 is 1.07 bits per heavy atom. The lowest BCUT2D eigenvalue weighted by atomic mass is 10.1. The van der Waals surface area contributed by atoms with Gasteiger partial charge in [0.1, 0.15) is 17.4 Å². The number of benzene rings is 2. The molecule has 2 aromatic carbocycles. The lowest BCUT2D eigenvalue weighted by molar-refractivity contribution is 0.357. The second kappa shape index (κ2) is 10.4. The molecule has 0 unspecified atom stereocenters. The number of ether oxygens (including phenoxy) is 1. The van der Waals surface area contributed by atoms with E-state index in [1.165, 1.54) is 23.3 Å². The van der Waals surface area contributed by atoms with Crippen LogP contribution in [-0.2, 0) is 19.3 Å². The van der Waals surface area contributed by atoms with Crippen molar-refractivity contribution < 1.29 is 13.5 Å². The van der Waals surface area contributed by atoms with Gasteiger partial charge < -0.3 is 15.4 Å². The summed E-state index contributed by atoms with van der Waals surface area (Å²) in [6, 6.07) is 9.95. The highest BCUT2D eigenvalue weighted by atomic mass is 127. The summed E-state index contributed by atoms with van der Waals surface area (Å²) in [5.41, 5.74) is 3.01. The average molecular weight is 487 g/mol. The van der Waals surface area contributed by atoms with Crippen molar-refractivity contribution in [3.05, 3.63) is 64.7 Å². The zero-order valence-electron chi connectivity index (χ0n) is 15.2. The van der Waals surface area contributed by atoms with Gasteiger partial charge in [0, 0.05) is 32.6 Å². The lowest BCUT2D eigenvalue weighted by Crippen LogP contribution is -2.39. The average Bonchev–Trinajstić information content (AvgIpc) is 3.10. The highest BCUT2D eigenvalue weighted by Gasteiger charge is 2.11. The van der Waals surface area contributed by atoms with Crippen molar-refractivity contribution in [1.29, 1.82) is 0 Å². The van der Waals surface area contributed by atoms with Crippen LogP contribution in [0.3, 0.4) is 0 Å². The largest absolute Gasteiger partial charge is 0.493 e. The molecule has 0 saturated heterocycles. The molecule has 146 valence electrons. The van der Waals surface area contributed by atoms with Crippen LogP contribution in [0.1, 0.15) is 16.7 Å². The fraction of sp³-hybridized carbons (Fsp3) is 0.350. The van der Waals surface area contributed by atoms with Crippen LogP contribution in [0.5, 0.6) is 5.75 Å². The van der Waals surface area contributed by atoms with Gasteiger partial charge in [0.2, 0.25) is 0 Å². The maximum atomic E-state index is 13.6. The molecular formula is C20H24F2IN3O. The minimum absolute atomic E-state index is 0. The van der Waals surface area contributed by atoms with Crippen LogP contribution in [0.15, 0.2) is 41.4 Å². The molecule has 0 amide bonds. The monoisotopic (exact) mass is 487 g/mol. The molecule has 2 N–H and O–H groups in total. The fourth-order valence-corrected chi connectivity index (χ4v) is 2.98. The van der Waals surface area contributed by atoms with Crippen molar-refractivity contribution in [1.82, 2.24) is 10.6 Å². The SMILES string of the molecule is CN=C(NCCc1ccc2c(c1)CCO2)NCCc1ccc(F)cc1F.I. The molecule has 7 heteroatoms. The normalized spacial score (nSPS) is 12.8. The van der Waals surface area contributed by atoms with Gasteiger partial charge in [0.05, 0.1) is 6.61 Å². The summed E-state index contributed by atoms with van der Waals surface area (Å²) < 4.78 is 32.0. The molecule has 3 rings (SSSR count). The zero-order chi connectivity index (χ0) is 18.4. The van der Waals surface area contributed by atoms with E-state index in [2.05, 4.69) is 27.8 Å². The van der Waals surface area contributed by atoms with Crippen LogP contribution < -0.4 is 15.4 Å². The molecule has 1 aliphatic heterocycles. The van der Waals surface area contributed by atoms with E-state index in [4.69, 9.17) is 4.74 Å². The molecular weight excluding hydrogens is 463 g/mol. The number of fused-ring (bicyclic) bond motifs is 1. The van der Waals surface area contributed by atoms with Crippen molar-refractivity contribution in [3.63, 3.8) is 0 Å². The quantitative estimate of drug-likeness (QED) is 0.373. The maximum absolute atomic E-state index is 13.6. The van der Waals surface area contributed by atoms with Crippen LogP contribution in [0.25, 0.3) is 0 Å². The molecule has 0 aliphatic carbocycles. The lowest BCUT2D eigenvalue weighted by Gasteiger charge is -2.12. The molecule has 1 aliphatic rings. The van der Waals surface area contributed by atoms with E-state index in [1.54, 1.807) is 7.05 Å². The van der Waals surface area contributed by atoms with Crippen LogP contribution >= 0.6 is 24.0 Å². The Morgan fingerprint density at radius 3 is 2.59 bits per heavy atom. The number of guanidine groups is 1. The highest BCUT2D eigenvalue weighted by Crippen LogP contribution is 2.25. The third-order valence-corrected chi connectivity index (χ3v) is 4.39. The second-order valence-electron chi connectivity index (χ2n) is 6.20. The molecule has 0 atom stereocenters. The number of hydrogen-bond acceptors (Lipinski definition) is 2. The first-order valence-electron chi connectivity index (χ1n) is 8.79.